The van der Waals surface area contributed by atoms with E-state index in [9.17, 15) is 9.59 Å². The largest absolute Gasteiger partial charge is 0.487 e. The average molecular weight is 386 g/mol. The topological polar surface area (TPSA) is 75.0 Å². The average Bonchev–Trinajstić information content (AvgIpc) is 2.61. The van der Waals surface area contributed by atoms with Gasteiger partial charge in [0.25, 0.3) is 0 Å². The molecular formula is C22H26O6. The van der Waals surface area contributed by atoms with E-state index in [2.05, 4.69) is 26.8 Å². The van der Waals surface area contributed by atoms with Gasteiger partial charge >= 0.3 is 11.6 Å². The van der Waals surface area contributed by atoms with Crippen LogP contribution in [-0.2, 0) is 4.79 Å². The number of para-hydroxylation sites is 1. The van der Waals surface area contributed by atoms with Crippen LogP contribution in [0.25, 0.3) is 11.0 Å². The summed E-state index contributed by atoms with van der Waals surface area (Å²) < 4.78 is 21.4. The van der Waals surface area contributed by atoms with E-state index in [0.717, 1.165) is 12.8 Å². The molecule has 0 N–H and O–H groups in total. The first-order chi connectivity index (χ1) is 13.3. The first-order valence-electron chi connectivity index (χ1n) is 9.07. The summed E-state index contributed by atoms with van der Waals surface area (Å²) in [4.78, 5) is 23.7. The normalized spacial score (nSPS) is 11.2. The molecule has 0 bridgehead atoms. The second-order valence-electron chi connectivity index (χ2n) is 6.66. The molecule has 0 atom stereocenters. The van der Waals surface area contributed by atoms with Gasteiger partial charge in [-0.1, -0.05) is 23.3 Å². The van der Waals surface area contributed by atoms with Crippen LogP contribution in [0.1, 0.15) is 40.5 Å². The Morgan fingerprint density at radius 2 is 1.86 bits per heavy atom. The number of esters is 1. The predicted octanol–water partition coefficient (Wildman–Crippen LogP) is 4.80. The van der Waals surface area contributed by atoms with Crippen LogP contribution in [-0.4, -0.2) is 19.7 Å². The quantitative estimate of drug-likeness (QED) is 0.369. The number of carbonyl (C=O) groups is 1. The van der Waals surface area contributed by atoms with Gasteiger partial charge in [-0.25, -0.2) is 4.79 Å². The van der Waals surface area contributed by atoms with Crippen LogP contribution in [0.15, 0.2) is 50.7 Å². The SMILES string of the molecule is COc1c(OC(C)=O)c2cccc(OCC=C(C)CCC=C(C)C)c2oc1=O. The van der Waals surface area contributed by atoms with E-state index in [1.165, 1.54) is 25.2 Å². The van der Waals surface area contributed by atoms with E-state index in [1.54, 1.807) is 18.2 Å². The van der Waals surface area contributed by atoms with Gasteiger partial charge in [0.15, 0.2) is 17.1 Å². The van der Waals surface area contributed by atoms with Crippen molar-refractivity contribution in [1.29, 1.82) is 0 Å². The summed E-state index contributed by atoms with van der Waals surface area (Å²) in [5.74, 6) is -0.305. The zero-order valence-corrected chi connectivity index (χ0v) is 17.0. The van der Waals surface area contributed by atoms with Gasteiger partial charge in [-0.05, 0) is 51.8 Å². The van der Waals surface area contributed by atoms with Crippen LogP contribution in [0, 0.1) is 0 Å². The molecule has 0 aliphatic heterocycles. The summed E-state index contributed by atoms with van der Waals surface area (Å²) in [7, 11) is 1.31. The highest BCUT2D eigenvalue weighted by molar-refractivity contribution is 5.91. The van der Waals surface area contributed by atoms with Crippen molar-refractivity contribution in [3.8, 4) is 17.2 Å². The Hall–Kier alpha value is -3.02. The van der Waals surface area contributed by atoms with Crippen molar-refractivity contribution in [2.24, 2.45) is 0 Å². The lowest BCUT2D eigenvalue weighted by Crippen LogP contribution is -2.11. The van der Waals surface area contributed by atoms with Crippen LogP contribution in [0.5, 0.6) is 17.2 Å². The van der Waals surface area contributed by atoms with Crippen LogP contribution in [0.2, 0.25) is 0 Å². The van der Waals surface area contributed by atoms with Crippen LogP contribution in [0.3, 0.4) is 0 Å². The van der Waals surface area contributed by atoms with Gasteiger partial charge in [-0.15, -0.1) is 0 Å². The fourth-order valence-electron chi connectivity index (χ4n) is 2.65. The maximum atomic E-state index is 12.2. The molecule has 0 saturated carbocycles. The number of allylic oxidation sites excluding steroid dienone is 3. The van der Waals surface area contributed by atoms with Crippen molar-refractivity contribution in [3.63, 3.8) is 0 Å². The Morgan fingerprint density at radius 1 is 1.11 bits per heavy atom. The molecule has 0 unspecified atom stereocenters. The maximum Gasteiger partial charge on any atom is 0.383 e. The summed E-state index contributed by atoms with van der Waals surface area (Å²) in [6.45, 7) is 7.79. The first-order valence-corrected chi connectivity index (χ1v) is 9.07. The standard InChI is InChI=1S/C22H26O6/c1-14(2)8-6-9-15(3)12-13-26-18-11-7-10-17-19(18)28-22(24)21(25-5)20(17)27-16(4)23/h7-8,10-12H,6,9,13H2,1-5H3. The van der Waals surface area contributed by atoms with E-state index in [-0.39, 0.29) is 17.1 Å². The summed E-state index contributed by atoms with van der Waals surface area (Å²) in [5, 5.41) is 0.424. The Morgan fingerprint density at radius 3 is 2.50 bits per heavy atom. The van der Waals surface area contributed by atoms with Crippen molar-refractivity contribution in [3.05, 3.63) is 51.9 Å². The molecule has 0 aliphatic rings. The summed E-state index contributed by atoms with van der Waals surface area (Å²) >= 11 is 0. The smallest absolute Gasteiger partial charge is 0.383 e. The Balaban J connectivity index is 2.29. The fraction of sp³-hybridized carbons (Fsp3) is 0.364. The van der Waals surface area contributed by atoms with E-state index >= 15 is 0 Å². The molecule has 1 heterocycles. The van der Waals surface area contributed by atoms with E-state index in [4.69, 9.17) is 18.6 Å². The molecule has 2 aromatic rings. The summed E-state index contributed by atoms with van der Waals surface area (Å²) in [5.41, 5.74) is 1.98. The van der Waals surface area contributed by atoms with Crippen molar-refractivity contribution in [2.45, 2.75) is 40.5 Å². The van der Waals surface area contributed by atoms with E-state index in [0.29, 0.717) is 17.7 Å². The minimum atomic E-state index is -0.740. The molecule has 0 amide bonds. The lowest BCUT2D eigenvalue weighted by atomic mass is 10.1. The predicted molar refractivity (Wildman–Crippen MR) is 108 cm³/mol. The molecule has 2 rings (SSSR count). The number of carbonyl (C=O) groups excluding carboxylic acids is 1. The maximum absolute atomic E-state index is 12.2. The number of fused-ring (bicyclic) bond motifs is 1. The van der Waals surface area contributed by atoms with Crippen molar-refractivity contribution in [1.82, 2.24) is 0 Å². The summed E-state index contributed by atoms with van der Waals surface area (Å²) in [6, 6.07) is 5.10. The number of rotatable bonds is 8. The molecule has 28 heavy (non-hydrogen) atoms. The van der Waals surface area contributed by atoms with Crippen molar-refractivity contribution in [2.75, 3.05) is 13.7 Å². The minimum absolute atomic E-state index is 0.0279. The Bertz CT molecular complexity index is 961. The molecular weight excluding hydrogens is 360 g/mol. The third-order valence-electron chi connectivity index (χ3n) is 4.02. The van der Waals surface area contributed by atoms with Crippen LogP contribution in [0.4, 0.5) is 0 Å². The number of methoxy groups -OCH3 is 1. The second-order valence-corrected chi connectivity index (χ2v) is 6.66. The monoisotopic (exact) mass is 386 g/mol. The Labute approximate surface area is 164 Å². The molecule has 0 fully saturated rings. The molecule has 0 spiro atoms. The second kappa shape index (κ2) is 9.78. The van der Waals surface area contributed by atoms with E-state index in [1.807, 2.05) is 6.08 Å². The molecule has 1 aromatic carbocycles. The highest BCUT2D eigenvalue weighted by atomic mass is 16.6. The van der Waals surface area contributed by atoms with Gasteiger partial charge in [0.1, 0.15) is 6.61 Å². The first kappa shape index (κ1) is 21.3. The third-order valence-corrected chi connectivity index (χ3v) is 4.02. The summed E-state index contributed by atoms with van der Waals surface area (Å²) in [6.07, 6.45) is 6.13. The number of hydrogen-bond donors (Lipinski definition) is 0. The van der Waals surface area contributed by atoms with Gasteiger partial charge in [0.05, 0.1) is 12.5 Å². The molecule has 150 valence electrons. The zero-order valence-electron chi connectivity index (χ0n) is 17.0. The highest BCUT2D eigenvalue weighted by Crippen LogP contribution is 2.36. The molecule has 0 aliphatic carbocycles. The highest BCUT2D eigenvalue weighted by Gasteiger charge is 2.20. The van der Waals surface area contributed by atoms with Gasteiger partial charge in [0.2, 0.25) is 5.75 Å². The third kappa shape index (κ3) is 5.49. The van der Waals surface area contributed by atoms with Crippen LogP contribution < -0.4 is 19.8 Å². The van der Waals surface area contributed by atoms with Gasteiger partial charge in [-0.3, -0.25) is 4.79 Å². The molecule has 6 heteroatoms. The Kier molecular flexibility index (Phi) is 7.44. The number of benzene rings is 1. The van der Waals surface area contributed by atoms with Gasteiger partial charge in [-0.2, -0.15) is 0 Å². The number of ether oxygens (including phenoxy) is 3. The number of hydrogen-bond acceptors (Lipinski definition) is 6. The van der Waals surface area contributed by atoms with E-state index < -0.39 is 11.6 Å². The molecule has 0 radical (unpaired) electrons. The lowest BCUT2D eigenvalue weighted by Gasteiger charge is -2.12. The van der Waals surface area contributed by atoms with Gasteiger partial charge < -0.3 is 18.6 Å². The lowest BCUT2D eigenvalue weighted by molar-refractivity contribution is -0.131. The van der Waals surface area contributed by atoms with Crippen molar-refractivity contribution < 1.29 is 23.4 Å². The fourth-order valence-corrected chi connectivity index (χ4v) is 2.65. The van der Waals surface area contributed by atoms with Crippen LogP contribution >= 0.6 is 0 Å². The molecule has 6 nitrogen and oxygen atoms in total. The van der Waals surface area contributed by atoms with Crippen molar-refractivity contribution >= 4 is 16.9 Å². The van der Waals surface area contributed by atoms with Gasteiger partial charge in [0, 0.05) is 6.92 Å². The minimum Gasteiger partial charge on any atom is -0.487 e. The molecule has 0 saturated heterocycles. The zero-order chi connectivity index (χ0) is 20.7. The molecule has 1 aromatic heterocycles.